The molecule has 156 valence electrons. The number of sulfonamides is 1. The number of nitrogens with zero attached hydrogens (tertiary/aromatic N) is 2. The molecule has 28 heavy (non-hydrogen) atoms. The number of carbonyl (C=O) groups is 1. The molecule has 0 radical (unpaired) electrons. The van der Waals surface area contributed by atoms with Gasteiger partial charge in [0.15, 0.2) is 0 Å². The number of benzene rings is 1. The average Bonchev–Trinajstić information content (AvgIpc) is 2.68. The minimum absolute atomic E-state index is 0.0898. The lowest BCUT2D eigenvalue weighted by Gasteiger charge is -2.32. The fourth-order valence-corrected chi connectivity index (χ4v) is 4.99. The Morgan fingerprint density at radius 3 is 2.14 bits per heavy atom. The van der Waals surface area contributed by atoms with Crippen molar-refractivity contribution in [3.8, 4) is 0 Å². The van der Waals surface area contributed by atoms with Crippen molar-refractivity contribution in [2.75, 3.05) is 39.4 Å². The lowest BCUT2D eigenvalue weighted by molar-refractivity contribution is -0.186. The Balaban J connectivity index is 1.56. The lowest BCUT2D eigenvalue weighted by atomic mass is 9.90. The second-order valence-electron chi connectivity index (χ2n) is 7.10. The zero-order valence-electron chi connectivity index (χ0n) is 15.3. The van der Waals surface area contributed by atoms with Gasteiger partial charge in [0.1, 0.15) is 0 Å². The number of hydrogen-bond donors (Lipinski definition) is 0. The van der Waals surface area contributed by atoms with Gasteiger partial charge in [-0.15, -0.1) is 0 Å². The summed E-state index contributed by atoms with van der Waals surface area (Å²) in [6, 6.07) is 6.64. The Labute approximate surface area is 162 Å². The molecule has 3 rings (SSSR count). The van der Waals surface area contributed by atoms with Crippen LogP contribution in [0.5, 0.6) is 0 Å². The molecule has 0 aliphatic carbocycles. The van der Waals surface area contributed by atoms with Crippen molar-refractivity contribution in [2.45, 2.75) is 30.3 Å². The first-order valence-corrected chi connectivity index (χ1v) is 10.6. The summed E-state index contributed by atoms with van der Waals surface area (Å²) in [5.74, 6) is -1.61. The molecule has 0 unspecified atom stereocenters. The summed E-state index contributed by atoms with van der Waals surface area (Å²) in [5, 5.41) is 0. The molecule has 0 aromatic heterocycles. The van der Waals surface area contributed by atoms with Gasteiger partial charge in [-0.05, 0) is 42.9 Å². The molecule has 0 spiro atoms. The zero-order chi connectivity index (χ0) is 20.4. The van der Waals surface area contributed by atoms with E-state index in [4.69, 9.17) is 4.74 Å². The Kier molecular flexibility index (Phi) is 6.31. The molecule has 2 heterocycles. The summed E-state index contributed by atoms with van der Waals surface area (Å²) in [6.07, 6.45) is -3.19. The molecule has 2 saturated heterocycles. The highest BCUT2D eigenvalue weighted by atomic mass is 32.2. The van der Waals surface area contributed by atoms with Gasteiger partial charge >= 0.3 is 12.1 Å². The first-order valence-electron chi connectivity index (χ1n) is 9.21. The van der Waals surface area contributed by atoms with Gasteiger partial charge in [0.2, 0.25) is 10.0 Å². The fourth-order valence-electron chi connectivity index (χ4n) is 3.59. The molecular formula is C18H23F3N2O4S. The van der Waals surface area contributed by atoms with Crippen LogP contribution in [0, 0.1) is 5.92 Å². The third-order valence-electron chi connectivity index (χ3n) is 5.20. The average molecular weight is 420 g/mol. The van der Waals surface area contributed by atoms with Gasteiger partial charge in [0, 0.05) is 26.2 Å². The topological polar surface area (TPSA) is 66.9 Å². The van der Waals surface area contributed by atoms with Gasteiger partial charge in [0.05, 0.1) is 18.1 Å². The quantitative estimate of drug-likeness (QED) is 0.748. The zero-order valence-corrected chi connectivity index (χ0v) is 16.1. The summed E-state index contributed by atoms with van der Waals surface area (Å²) >= 11 is 0. The third kappa shape index (κ3) is 4.84. The number of morpholine rings is 1. The molecule has 0 bridgehead atoms. The van der Waals surface area contributed by atoms with E-state index in [1.807, 2.05) is 0 Å². The monoisotopic (exact) mass is 420 g/mol. The summed E-state index contributed by atoms with van der Waals surface area (Å²) in [6.45, 7) is 1.61. The molecule has 6 nitrogen and oxygen atoms in total. The minimum Gasteiger partial charge on any atom is -0.379 e. The Morgan fingerprint density at radius 2 is 1.61 bits per heavy atom. The number of amides is 1. The van der Waals surface area contributed by atoms with Crippen molar-refractivity contribution in [1.29, 1.82) is 0 Å². The third-order valence-corrected chi connectivity index (χ3v) is 7.11. The Morgan fingerprint density at radius 1 is 1.04 bits per heavy atom. The lowest BCUT2D eigenvalue weighted by Crippen LogP contribution is -2.45. The fraction of sp³-hybridized carbons (Fsp3) is 0.611. The molecule has 1 aromatic rings. The van der Waals surface area contributed by atoms with E-state index in [-0.39, 0.29) is 23.9 Å². The first-order chi connectivity index (χ1) is 13.2. The summed E-state index contributed by atoms with van der Waals surface area (Å²) < 4.78 is 69.3. The van der Waals surface area contributed by atoms with Crippen LogP contribution in [0.2, 0.25) is 0 Å². The number of carbonyl (C=O) groups excluding carboxylic acids is 1. The Hall–Kier alpha value is -1.65. The number of hydrogen-bond acceptors (Lipinski definition) is 4. The molecule has 0 saturated carbocycles. The summed E-state index contributed by atoms with van der Waals surface area (Å²) in [4.78, 5) is 12.4. The second kappa shape index (κ2) is 8.38. The minimum atomic E-state index is -4.82. The van der Waals surface area contributed by atoms with E-state index < -0.39 is 22.1 Å². The number of halogens is 3. The number of rotatable bonds is 4. The van der Waals surface area contributed by atoms with E-state index in [1.54, 1.807) is 24.3 Å². The maximum atomic E-state index is 12.6. The number of alkyl halides is 3. The summed E-state index contributed by atoms with van der Waals surface area (Å²) in [5.41, 5.74) is 0.932. The van der Waals surface area contributed by atoms with Crippen LogP contribution in [-0.2, 0) is 26.0 Å². The largest absolute Gasteiger partial charge is 0.471 e. The van der Waals surface area contributed by atoms with E-state index in [0.717, 1.165) is 10.5 Å². The van der Waals surface area contributed by atoms with E-state index >= 15 is 0 Å². The van der Waals surface area contributed by atoms with Crippen molar-refractivity contribution in [1.82, 2.24) is 9.21 Å². The van der Waals surface area contributed by atoms with Gasteiger partial charge in [-0.1, -0.05) is 12.1 Å². The van der Waals surface area contributed by atoms with Gasteiger partial charge in [-0.2, -0.15) is 17.5 Å². The van der Waals surface area contributed by atoms with Gasteiger partial charge in [-0.3, -0.25) is 4.79 Å². The molecule has 2 aliphatic heterocycles. The van der Waals surface area contributed by atoms with Crippen LogP contribution in [-0.4, -0.2) is 69.1 Å². The molecule has 1 amide bonds. The van der Waals surface area contributed by atoms with E-state index in [1.165, 1.54) is 4.31 Å². The first kappa shape index (κ1) is 21.1. The molecule has 0 N–H and O–H groups in total. The molecule has 2 aliphatic rings. The molecule has 10 heteroatoms. The van der Waals surface area contributed by atoms with Crippen LogP contribution < -0.4 is 0 Å². The van der Waals surface area contributed by atoms with E-state index in [2.05, 4.69) is 0 Å². The van der Waals surface area contributed by atoms with Gasteiger partial charge < -0.3 is 9.64 Å². The number of piperidine rings is 1. The van der Waals surface area contributed by atoms with Crippen molar-refractivity contribution in [3.63, 3.8) is 0 Å². The highest BCUT2D eigenvalue weighted by Crippen LogP contribution is 2.26. The van der Waals surface area contributed by atoms with Crippen LogP contribution in [0.3, 0.4) is 0 Å². The highest BCUT2D eigenvalue weighted by molar-refractivity contribution is 7.89. The summed E-state index contributed by atoms with van der Waals surface area (Å²) in [7, 11) is -3.54. The predicted molar refractivity (Wildman–Crippen MR) is 95.1 cm³/mol. The maximum absolute atomic E-state index is 12.6. The van der Waals surface area contributed by atoms with Crippen LogP contribution in [0.15, 0.2) is 29.2 Å². The second-order valence-corrected chi connectivity index (χ2v) is 9.04. The molecule has 1 aromatic carbocycles. The van der Waals surface area contributed by atoms with Crippen LogP contribution >= 0.6 is 0 Å². The molecule has 0 atom stereocenters. The van der Waals surface area contributed by atoms with Crippen LogP contribution in [0.4, 0.5) is 13.2 Å². The number of likely N-dealkylation sites (tertiary alicyclic amines) is 1. The van der Waals surface area contributed by atoms with Gasteiger partial charge in [0.25, 0.3) is 0 Å². The van der Waals surface area contributed by atoms with Crippen LogP contribution in [0.25, 0.3) is 0 Å². The van der Waals surface area contributed by atoms with E-state index in [0.29, 0.717) is 45.6 Å². The van der Waals surface area contributed by atoms with Crippen molar-refractivity contribution < 1.29 is 31.1 Å². The molecular weight excluding hydrogens is 397 g/mol. The smallest absolute Gasteiger partial charge is 0.379 e. The van der Waals surface area contributed by atoms with Gasteiger partial charge in [-0.25, -0.2) is 8.42 Å². The standard InChI is InChI=1S/C18H23F3N2O4S/c19-18(20,21)17(24)22-7-5-15(6-8-22)13-14-1-3-16(4-2-14)28(25,26)23-9-11-27-12-10-23/h1-4,15H,5-13H2. The van der Waals surface area contributed by atoms with E-state index in [9.17, 15) is 26.4 Å². The van der Waals surface area contributed by atoms with Crippen molar-refractivity contribution >= 4 is 15.9 Å². The number of ether oxygens (including phenoxy) is 1. The molecule has 2 fully saturated rings. The maximum Gasteiger partial charge on any atom is 0.471 e. The Bertz CT molecular complexity index is 782. The predicted octanol–water partition coefficient (Wildman–Crippen LogP) is 2.05. The normalized spacial score (nSPS) is 20.3. The van der Waals surface area contributed by atoms with Crippen molar-refractivity contribution in [3.05, 3.63) is 29.8 Å². The highest BCUT2D eigenvalue weighted by Gasteiger charge is 2.43. The van der Waals surface area contributed by atoms with Crippen molar-refractivity contribution in [2.24, 2.45) is 5.92 Å². The SMILES string of the molecule is O=C(N1CCC(Cc2ccc(S(=O)(=O)N3CCOCC3)cc2)CC1)C(F)(F)F. The van der Waals surface area contributed by atoms with Crippen LogP contribution in [0.1, 0.15) is 18.4 Å².